The van der Waals surface area contributed by atoms with Crippen molar-refractivity contribution in [2.24, 2.45) is 0 Å². The molecule has 3 rings (SSSR count). The van der Waals surface area contributed by atoms with Crippen LogP contribution >= 0.6 is 0 Å². The van der Waals surface area contributed by atoms with Gasteiger partial charge in [-0.3, -0.25) is 19.4 Å². The van der Waals surface area contributed by atoms with Crippen LogP contribution in [0.25, 0.3) is 10.9 Å². The first kappa shape index (κ1) is 39.4. The first-order valence-corrected chi connectivity index (χ1v) is 17.0. The Labute approximate surface area is 294 Å². The highest BCUT2D eigenvalue weighted by Gasteiger charge is 2.31. The zero-order valence-corrected chi connectivity index (χ0v) is 30.1. The molecular formula is C38H51N5O7. The highest BCUT2D eigenvalue weighted by atomic mass is 16.6. The Morgan fingerprint density at radius 2 is 1.40 bits per heavy atom. The van der Waals surface area contributed by atoms with Crippen molar-refractivity contribution in [1.82, 2.24) is 26.3 Å². The third-order valence-corrected chi connectivity index (χ3v) is 7.44. The van der Waals surface area contributed by atoms with Gasteiger partial charge in [0.15, 0.2) is 5.78 Å². The number of benzene rings is 2. The lowest BCUT2D eigenvalue weighted by Crippen LogP contribution is -2.54. The Balaban J connectivity index is 1.78. The molecule has 0 saturated heterocycles. The molecule has 3 aromatic rings. The summed E-state index contributed by atoms with van der Waals surface area (Å²) in [5.74, 6) is -1.51. The summed E-state index contributed by atoms with van der Waals surface area (Å²) in [6, 6.07) is 16.3. The Bertz CT molecular complexity index is 1620. The average molecular weight is 690 g/mol. The lowest BCUT2D eigenvalue weighted by molar-refractivity contribution is -0.131. The molecule has 3 atom stereocenters. The molecule has 270 valence electrons. The molecule has 0 spiro atoms. The van der Waals surface area contributed by atoms with E-state index in [1.54, 1.807) is 47.7 Å². The number of hydrogen-bond acceptors (Lipinski definition) is 8. The van der Waals surface area contributed by atoms with E-state index in [0.29, 0.717) is 18.4 Å². The number of aryl methyl sites for hydroxylation is 1. The fraction of sp³-hybridized carbons (Fsp3) is 0.474. The smallest absolute Gasteiger partial charge is 0.408 e. The molecule has 0 aliphatic rings. The first-order chi connectivity index (χ1) is 23.5. The van der Waals surface area contributed by atoms with E-state index >= 15 is 0 Å². The van der Waals surface area contributed by atoms with E-state index in [2.05, 4.69) is 26.3 Å². The van der Waals surface area contributed by atoms with E-state index in [4.69, 9.17) is 9.47 Å². The van der Waals surface area contributed by atoms with Crippen LogP contribution in [-0.4, -0.2) is 70.6 Å². The predicted molar refractivity (Wildman–Crippen MR) is 191 cm³/mol. The number of aromatic nitrogens is 1. The third-order valence-electron chi connectivity index (χ3n) is 7.44. The van der Waals surface area contributed by atoms with Gasteiger partial charge < -0.3 is 30.7 Å². The summed E-state index contributed by atoms with van der Waals surface area (Å²) in [5.41, 5.74) is 0.936. The number of Topliss-reactive ketones (excluding diaryl/α,β-unsaturated/α-hetero) is 1. The van der Waals surface area contributed by atoms with Gasteiger partial charge in [0.2, 0.25) is 11.8 Å². The van der Waals surface area contributed by atoms with Crippen molar-refractivity contribution in [3.05, 3.63) is 78.0 Å². The van der Waals surface area contributed by atoms with Gasteiger partial charge in [-0.25, -0.2) is 9.59 Å². The molecule has 1 unspecified atom stereocenters. The Hall–Kier alpha value is -5.00. The maximum Gasteiger partial charge on any atom is 0.408 e. The van der Waals surface area contributed by atoms with Crippen LogP contribution < -0.4 is 21.3 Å². The molecule has 0 aliphatic carbocycles. The van der Waals surface area contributed by atoms with Gasteiger partial charge in [0.1, 0.15) is 17.2 Å². The average Bonchev–Trinajstić information content (AvgIpc) is 3.03. The van der Waals surface area contributed by atoms with Crippen LogP contribution in [0.1, 0.15) is 78.9 Å². The quantitative estimate of drug-likeness (QED) is 0.170. The predicted octanol–water partition coefficient (Wildman–Crippen LogP) is 5.17. The van der Waals surface area contributed by atoms with Gasteiger partial charge in [-0.1, -0.05) is 55.5 Å². The third kappa shape index (κ3) is 14.2. The van der Waals surface area contributed by atoms with E-state index in [1.807, 2.05) is 67.6 Å². The van der Waals surface area contributed by atoms with Crippen LogP contribution in [0, 0.1) is 0 Å². The number of amides is 4. The summed E-state index contributed by atoms with van der Waals surface area (Å²) >= 11 is 0. The zero-order chi connectivity index (χ0) is 36.9. The molecular weight excluding hydrogens is 638 g/mol. The van der Waals surface area contributed by atoms with Crippen molar-refractivity contribution in [2.45, 2.75) is 110 Å². The molecule has 0 saturated carbocycles. The van der Waals surface area contributed by atoms with Crippen LogP contribution in [0.3, 0.4) is 0 Å². The van der Waals surface area contributed by atoms with Crippen LogP contribution in [0.15, 0.2) is 66.9 Å². The Kier molecular flexibility index (Phi) is 14.3. The summed E-state index contributed by atoms with van der Waals surface area (Å²) in [6.45, 7) is 12.2. The molecule has 12 heteroatoms. The Morgan fingerprint density at radius 3 is 2.06 bits per heavy atom. The largest absolute Gasteiger partial charge is 0.444 e. The minimum atomic E-state index is -1.37. The minimum Gasteiger partial charge on any atom is -0.444 e. The standard InChI is InChI=1S/C38H51N5O7/c1-8-28(24-40-35(47)49-37(2,3)4)41-33(45)22-31(43-36(48)50-38(5,6)7)34(46)42-30(19-18-25-14-10-9-11-15-25)32(44)21-26-20-27-16-12-13-17-29(27)39-23-26/h9-17,20,23,28,30-31H,8,18-19,21-22,24H2,1-7H3,(H,40,47)(H,41,45)(H,42,46)(H,43,48)/t28?,30-,31+/m1/s1. The molecule has 0 aliphatic heterocycles. The molecule has 1 aromatic heterocycles. The van der Waals surface area contributed by atoms with Gasteiger partial charge in [-0.05, 0) is 84.1 Å². The number of rotatable bonds is 15. The van der Waals surface area contributed by atoms with Crippen LogP contribution in [0.2, 0.25) is 0 Å². The number of nitrogens with one attached hydrogen (secondary N) is 4. The SMILES string of the molecule is CCC(CNC(=O)OC(C)(C)C)NC(=O)C[C@H](NC(=O)OC(C)(C)C)C(=O)N[C@H](CCc1ccccc1)C(=O)Cc1cnc2ccccc2c1. The molecule has 50 heavy (non-hydrogen) atoms. The number of carbonyl (C=O) groups is 5. The van der Waals surface area contributed by atoms with Gasteiger partial charge in [-0.15, -0.1) is 0 Å². The Morgan fingerprint density at radius 1 is 0.760 bits per heavy atom. The van der Waals surface area contributed by atoms with E-state index in [0.717, 1.165) is 16.5 Å². The number of para-hydroxylation sites is 1. The highest BCUT2D eigenvalue weighted by molar-refractivity contribution is 5.95. The second-order valence-corrected chi connectivity index (χ2v) is 14.2. The van der Waals surface area contributed by atoms with Crippen LogP contribution in [0.4, 0.5) is 9.59 Å². The summed E-state index contributed by atoms with van der Waals surface area (Å²) in [7, 11) is 0. The maximum absolute atomic E-state index is 13.8. The second-order valence-electron chi connectivity index (χ2n) is 14.2. The molecule has 0 fully saturated rings. The minimum absolute atomic E-state index is 0.0189. The number of nitrogens with zero attached hydrogens (tertiary/aromatic N) is 1. The van der Waals surface area contributed by atoms with Crippen LogP contribution in [0.5, 0.6) is 0 Å². The van der Waals surface area contributed by atoms with Gasteiger partial charge in [0, 0.05) is 30.6 Å². The molecule has 12 nitrogen and oxygen atoms in total. The number of alkyl carbamates (subject to hydrolysis) is 2. The number of ether oxygens (including phenoxy) is 2. The number of pyridine rings is 1. The van der Waals surface area contributed by atoms with Crippen molar-refractivity contribution in [3.8, 4) is 0 Å². The van der Waals surface area contributed by atoms with Crippen molar-refractivity contribution in [3.63, 3.8) is 0 Å². The van der Waals surface area contributed by atoms with Crippen molar-refractivity contribution >= 4 is 40.7 Å². The van der Waals surface area contributed by atoms with Gasteiger partial charge in [-0.2, -0.15) is 0 Å². The molecule has 0 radical (unpaired) electrons. The fourth-order valence-corrected chi connectivity index (χ4v) is 5.03. The summed E-state index contributed by atoms with van der Waals surface area (Å²) in [4.78, 5) is 70.3. The topological polar surface area (TPSA) is 165 Å². The summed E-state index contributed by atoms with van der Waals surface area (Å²) in [5, 5.41) is 11.7. The van der Waals surface area contributed by atoms with E-state index in [9.17, 15) is 24.0 Å². The van der Waals surface area contributed by atoms with Crippen molar-refractivity contribution < 1.29 is 33.4 Å². The first-order valence-electron chi connectivity index (χ1n) is 17.0. The van der Waals surface area contributed by atoms with Gasteiger partial charge >= 0.3 is 12.2 Å². The number of hydrogen-bond donors (Lipinski definition) is 4. The van der Waals surface area contributed by atoms with E-state index < -0.39 is 59.7 Å². The molecule has 0 bridgehead atoms. The lowest BCUT2D eigenvalue weighted by Gasteiger charge is -2.26. The number of fused-ring (bicyclic) bond motifs is 1. The van der Waals surface area contributed by atoms with Crippen molar-refractivity contribution in [2.75, 3.05) is 6.54 Å². The molecule has 2 aromatic carbocycles. The highest BCUT2D eigenvalue weighted by Crippen LogP contribution is 2.16. The fourth-order valence-electron chi connectivity index (χ4n) is 5.03. The monoisotopic (exact) mass is 689 g/mol. The lowest BCUT2D eigenvalue weighted by atomic mass is 9.97. The van der Waals surface area contributed by atoms with Gasteiger partial charge in [0.25, 0.3) is 0 Å². The molecule has 4 amide bonds. The van der Waals surface area contributed by atoms with Crippen molar-refractivity contribution in [1.29, 1.82) is 0 Å². The number of carbonyl (C=O) groups excluding carboxylic acids is 5. The number of ketones is 1. The van der Waals surface area contributed by atoms with E-state index in [-0.39, 0.29) is 25.2 Å². The normalized spacial score (nSPS) is 13.3. The molecule has 4 N–H and O–H groups in total. The zero-order valence-electron chi connectivity index (χ0n) is 30.1. The second kappa shape index (κ2) is 18.1. The maximum atomic E-state index is 13.8. The van der Waals surface area contributed by atoms with Crippen LogP contribution in [-0.2, 0) is 36.7 Å². The van der Waals surface area contributed by atoms with E-state index in [1.165, 1.54) is 0 Å². The van der Waals surface area contributed by atoms with Gasteiger partial charge in [0.05, 0.1) is 18.0 Å². The summed E-state index contributed by atoms with van der Waals surface area (Å²) < 4.78 is 10.7. The summed E-state index contributed by atoms with van der Waals surface area (Å²) in [6.07, 6.45) is 0.967. The molecule has 1 heterocycles.